The summed E-state index contributed by atoms with van der Waals surface area (Å²) in [4.78, 5) is 36.7. The Kier molecular flexibility index (Phi) is 7.92. The Morgan fingerprint density at radius 2 is 1.73 bits per heavy atom. The summed E-state index contributed by atoms with van der Waals surface area (Å²) in [5, 5.41) is 7.99. The SMILES string of the molecule is O=C(NCC1CN(c2ccc(Nc3ccc(NCc4ccccc4)c(=O)cc3)c(F)c2)C(=O)O1)C(F)F. The summed E-state index contributed by atoms with van der Waals surface area (Å²) in [7, 11) is 0. The summed E-state index contributed by atoms with van der Waals surface area (Å²) in [5.41, 5.74) is 1.94. The topological polar surface area (TPSA) is 99.8 Å². The van der Waals surface area contributed by atoms with Crippen LogP contribution in [0.4, 0.5) is 40.7 Å². The second kappa shape index (κ2) is 11.5. The minimum Gasteiger partial charge on any atom is -0.442 e. The van der Waals surface area contributed by atoms with E-state index in [1.54, 1.807) is 12.1 Å². The molecule has 0 saturated carbocycles. The molecule has 37 heavy (non-hydrogen) atoms. The maximum atomic E-state index is 14.9. The van der Waals surface area contributed by atoms with E-state index in [0.29, 0.717) is 17.9 Å². The molecule has 0 aliphatic carbocycles. The number of rotatable bonds is 9. The summed E-state index contributed by atoms with van der Waals surface area (Å²) in [6.07, 6.45) is -4.82. The van der Waals surface area contributed by atoms with Crippen LogP contribution in [0.1, 0.15) is 5.56 Å². The third-order valence-electron chi connectivity index (χ3n) is 5.55. The Balaban J connectivity index is 1.40. The molecule has 192 valence electrons. The van der Waals surface area contributed by atoms with Crippen molar-refractivity contribution < 1.29 is 27.5 Å². The molecule has 0 radical (unpaired) electrons. The Morgan fingerprint density at radius 1 is 1.00 bits per heavy atom. The number of benzene rings is 2. The molecule has 0 spiro atoms. The van der Waals surface area contributed by atoms with Crippen LogP contribution >= 0.6 is 0 Å². The smallest absolute Gasteiger partial charge is 0.414 e. The number of alkyl halides is 2. The first kappa shape index (κ1) is 25.5. The number of carbonyl (C=O) groups excluding carboxylic acids is 2. The van der Waals surface area contributed by atoms with Crippen molar-refractivity contribution in [1.82, 2.24) is 5.32 Å². The Morgan fingerprint density at radius 3 is 2.46 bits per heavy atom. The van der Waals surface area contributed by atoms with E-state index in [-0.39, 0.29) is 29.9 Å². The number of hydrogen-bond donors (Lipinski definition) is 3. The van der Waals surface area contributed by atoms with Crippen molar-refractivity contribution >= 4 is 34.7 Å². The molecule has 1 heterocycles. The fourth-order valence-corrected chi connectivity index (χ4v) is 3.65. The van der Waals surface area contributed by atoms with Gasteiger partial charge in [-0.2, -0.15) is 8.78 Å². The molecule has 1 unspecified atom stereocenters. The lowest BCUT2D eigenvalue weighted by Crippen LogP contribution is -2.37. The second-order valence-corrected chi connectivity index (χ2v) is 8.19. The first-order chi connectivity index (χ1) is 17.8. The van der Waals surface area contributed by atoms with Gasteiger partial charge < -0.3 is 20.7 Å². The number of nitrogens with one attached hydrogen (secondary N) is 3. The van der Waals surface area contributed by atoms with Crippen LogP contribution in [-0.2, 0) is 16.1 Å². The highest BCUT2D eigenvalue weighted by Gasteiger charge is 2.33. The van der Waals surface area contributed by atoms with Crippen LogP contribution in [0.2, 0.25) is 0 Å². The zero-order valence-electron chi connectivity index (χ0n) is 19.4. The molecule has 11 heteroatoms. The molecular weight excluding hydrogens is 489 g/mol. The van der Waals surface area contributed by atoms with Gasteiger partial charge in [0, 0.05) is 12.2 Å². The van der Waals surface area contributed by atoms with Crippen molar-refractivity contribution in [1.29, 1.82) is 0 Å². The van der Waals surface area contributed by atoms with Crippen LogP contribution < -0.4 is 26.3 Å². The fourth-order valence-electron chi connectivity index (χ4n) is 3.65. The standard InChI is InChI=1S/C26H23F3N4O4/c27-20-12-18(33-15-19(37-26(33)36)14-31-25(35)24(28)29)8-10-21(20)32-17-6-9-22(23(34)11-7-17)30-13-16-4-2-1-3-5-16/h1-12,19,24,32H,13-15H2,(H,30,34)(H,31,35). The Labute approximate surface area is 210 Å². The average Bonchev–Trinajstić information content (AvgIpc) is 3.17. The number of carbonyl (C=O) groups is 2. The molecule has 1 fully saturated rings. The molecule has 4 rings (SSSR count). The highest BCUT2D eigenvalue weighted by atomic mass is 19.3. The van der Waals surface area contributed by atoms with Crippen LogP contribution in [0, 0.1) is 5.82 Å². The fraction of sp³-hybridized carbons (Fsp3) is 0.192. The van der Waals surface area contributed by atoms with E-state index in [9.17, 15) is 27.6 Å². The second-order valence-electron chi connectivity index (χ2n) is 8.19. The van der Waals surface area contributed by atoms with E-state index in [1.165, 1.54) is 24.3 Å². The summed E-state index contributed by atoms with van der Waals surface area (Å²) < 4.78 is 44.6. The number of hydrogen-bond acceptors (Lipinski definition) is 6. The van der Waals surface area contributed by atoms with Crippen molar-refractivity contribution in [3.8, 4) is 0 Å². The van der Waals surface area contributed by atoms with Crippen LogP contribution in [0.5, 0.6) is 0 Å². The van der Waals surface area contributed by atoms with E-state index in [0.717, 1.165) is 16.5 Å². The summed E-state index contributed by atoms with van der Waals surface area (Å²) in [5.74, 6) is -2.13. The molecule has 3 aromatic rings. The van der Waals surface area contributed by atoms with Crippen LogP contribution in [0.15, 0.2) is 77.6 Å². The molecule has 0 aromatic heterocycles. The lowest BCUT2D eigenvalue weighted by atomic mass is 10.2. The molecule has 3 N–H and O–H groups in total. The monoisotopic (exact) mass is 512 g/mol. The van der Waals surface area contributed by atoms with Gasteiger partial charge in [0.2, 0.25) is 5.43 Å². The van der Waals surface area contributed by atoms with E-state index in [4.69, 9.17) is 4.74 Å². The highest BCUT2D eigenvalue weighted by molar-refractivity contribution is 5.90. The van der Waals surface area contributed by atoms with Gasteiger partial charge >= 0.3 is 12.5 Å². The largest absolute Gasteiger partial charge is 0.442 e. The number of nitrogens with zero attached hydrogens (tertiary/aromatic N) is 1. The van der Waals surface area contributed by atoms with Crippen molar-refractivity contribution in [2.45, 2.75) is 19.1 Å². The highest BCUT2D eigenvalue weighted by Crippen LogP contribution is 2.27. The minimum absolute atomic E-state index is 0.0475. The van der Waals surface area contributed by atoms with Crippen LogP contribution in [0.25, 0.3) is 0 Å². The van der Waals surface area contributed by atoms with Crippen molar-refractivity contribution in [2.24, 2.45) is 0 Å². The van der Waals surface area contributed by atoms with Crippen LogP contribution in [0.3, 0.4) is 0 Å². The number of halogens is 3. The molecule has 1 saturated heterocycles. The lowest BCUT2D eigenvalue weighted by molar-refractivity contribution is -0.132. The zero-order chi connectivity index (χ0) is 26.4. The van der Waals surface area contributed by atoms with Gasteiger partial charge in [0.15, 0.2) is 0 Å². The molecule has 3 aromatic carbocycles. The van der Waals surface area contributed by atoms with Crippen molar-refractivity contribution in [2.75, 3.05) is 28.6 Å². The predicted molar refractivity (Wildman–Crippen MR) is 133 cm³/mol. The van der Waals surface area contributed by atoms with E-state index < -0.39 is 30.3 Å². The quantitative estimate of drug-likeness (QED) is 0.397. The maximum absolute atomic E-state index is 14.9. The van der Waals surface area contributed by atoms with Gasteiger partial charge in [-0.3, -0.25) is 14.5 Å². The van der Waals surface area contributed by atoms with Crippen LogP contribution in [-0.4, -0.2) is 37.6 Å². The molecular formula is C26H23F3N4O4. The first-order valence-electron chi connectivity index (χ1n) is 11.3. The molecule has 1 aliphatic rings. The molecule has 8 nitrogen and oxygen atoms in total. The lowest BCUT2D eigenvalue weighted by Gasteiger charge is -2.15. The molecule has 1 aliphatic heterocycles. The number of ether oxygens (including phenoxy) is 1. The maximum Gasteiger partial charge on any atom is 0.414 e. The normalized spacial score (nSPS) is 14.9. The van der Waals surface area contributed by atoms with Gasteiger partial charge in [-0.25, -0.2) is 9.18 Å². The summed E-state index contributed by atoms with van der Waals surface area (Å²) >= 11 is 0. The number of cyclic esters (lactones) is 1. The van der Waals surface area contributed by atoms with E-state index in [2.05, 4.69) is 10.6 Å². The van der Waals surface area contributed by atoms with Gasteiger partial charge in [-0.15, -0.1) is 0 Å². The predicted octanol–water partition coefficient (Wildman–Crippen LogP) is 4.25. The minimum atomic E-state index is -3.17. The van der Waals surface area contributed by atoms with Gasteiger partial charge in [-0.1, -0.05) is 30.3 Å². The third kappa shape index (κ3) is 6.57. The number of amides is 2. The van der Waals surface area contributed by atoms with Gasteiger partial charge in [-0.05, 0) is 48.0 Å². The zero-order valence-corrected chi connectivity index (χ0v) is 19.4. The molecule has 2 amide bonds. The Bertz CT molecular complexity index is 1340. The molecule has 1 atom stereocenters. The molecule has 0 bridgehead atoms. The van der Waals surface area contributed by atoms with Crippen molar-refractivity contribution in [3.05, 3.63) is 94.4 Å². The number of anilines is 4. The summed E-state index contributed by atoms with van der Waals surface area (Å²) in [6, 6.07) is 19.8. The third-order valence-corrected chi connectivity index (χ3v) is 5.55. The van der Waals surface area contributed by atoms with Gasteiger partial charge in [0.1, 0.15) is 11.9 Å². The average molecular weight is 512 g/mol. The van der Waals surface area contributed by atoms with Crippen molar-refractivity contribution in [3.63, 3.8) is 0 Å². The van der Waals surface area contributed by atoms with Gasteiger partial charge in [0.25, 0.3) is 5.91 Å². The van der Waals surface area contributed by atoms with E-state index in [1.807, 2.05) is 35.6 Å². The Hall–Kier alpha value is -4.54. The summed E-state index contributed by atoms with van der Waals surface area (Å²) in [6.45, 7) is 0.133. The van der Waals surface area contributed by atoms with Gasteiger partial charge in [0.05, 0.1) is 30.2 Å². The van der Waals surface area contributed by atoms with E-state index >= 15 is 0 Å². The first-order valence-corrected chi connectivity index (χ1v) is 11.3.